The van der Waals surface area contributed by atoms with Crippen molar-refractivity contribution in [3.63, 3.8) is 0 Å². The van der Waals surface area contributed by atoms with Gasteiger partial charge in [-0.05, 0) is 26.0 Å². The molecule has 9 nitrogen and oxygen atoms in total. The lowest BCUT2D eigenvalue weighted by Gasteiger charge is -2.06. The van der Waals surface area contributed by atoms with E-state index in [4.69, 9.17) is 9.15 Å². The van der Waals surface area contributed by atoms with Crippen LogP contribution in [0, 0.1) is 0 Å². The lowest BCUT2D eigenvalue weighted by Crippen LogP contribution is -2.14. The van der Waals surface area contributed by atoms with Gasteiger partial charge in [0.05, 0.1) is 34.8 Å². The number of rotatable bonds is 4. The van der Waals surface area contributed by atoms with Gasteiger partial charge in [-0.3, -0.25) is 14.9 Å². The first kappa shape index (κ1) is 20.3. The van der Waals surface area contributed by atoms with E-state index in [9.17, 15) is 22.8 Å². The molecule has 0 aliphatic rings. The van der Waals surface area contributed by atoms with Crippen molar-refractivity contribution in [2.75, 3.05) is 0 Å². The second-order valence-corrected chi connectivity index (χ2v) is 6.74. The summed E-state index contributed by atoms with van der Waals surface area (Å²) in [6.45, 7) is 3.37. The summed E-state index contributed by atoms with van der Waals surface area (Å²) in [6, 6.07) is 3.10. The van der Waals surface area contributed by atoms with Crippen LogP contribution in [-0.4, -0.2) is 36.6 Å². The average Bonchev–Trinajstić information content (AvgIpc) is 3.34. The maximum absolute atomic E-state index is 12.8. The molecule has 0 bridgehead atoms. The molecule has 0 aliphatic heterocycles. The molecule has 12 heteroatoms. The molecule has 0 aliphatic carbocycles. The first-order chi connectivity index (χ1) is 14.6. The van der Waals surface area contributed by atoms with Crippen molar-refractivity contribution >= 4 is 11.6 Å². The molecule has 0 saturated carbocycles. The van der Waals surface area contributed by atoms with Gasteiger partial charge in [0.25, 0.3) is 5.56 Å². The molecular formula is C19H14F3N5O4. The summed E-state index contributed by atoms with van der Waals surface area (Å²) >= 11 is 0. The van der Waals surface area contributed by atoms with Crippen LogP contribution in [-0.2, 0) is 10.9 Å². The van der Waals surface area contributed by atoms with Gasteiger partial charge in [-0.2, -0.15) is 13.2 Å². The highest BCUT2D eigenvalue weighted by Crippen LogP contribution is 2.30. The van der Waals surface area contributed by atoms with Gasteiger partial charge in [-0.25, -0.2) is 19.3 Å². The lowest BCUT2D eigenvalue weighted by molar-refractivity contribution is -0.137. The maximum atomic E-state index is 12.8. The van der Waals surface area contributed by atoms with Crippen molar-refractivity contribution in [1.29, 1.82) is 0 Å². The topological polar surface area (TPSA) is 115 Å². The SMILES string of the molecule is CC(C)OC(=O)c1cnc(-c2c[nH]n3c(=O)cc(-c4ccc(C(F)(F)F)cn4)nc23)o1. The fourth-order valence-corrected chi connectivity index (χ4v) is 2.75. The van der Waals surface area contributed by atoms with Crippen LogP contribution in [0.25, 0.3) is 28.5 Å². The Balaban J connectivity index is 1.75. The van der Waals surface area contributed by atoms with Gasteiger partial charge in [-0.1, -0.05) is 0 Å². The van der Waals surface area contributed by atoms with E-state index in [-0.39, 0.29) is 40.4 Å². The Labute approximate surface area is 171 Å². The van der Waals surface area contributed by atoms with Crippen LogP contribution in [0.4, 0.5) is 13.2 Å². The Morgan fingerprint density at radius 1 is 1.19 bits per heavy atom. The summed E-state index contributed by atoms with van der Waals surface area (Å²) in [5, 5.41) is 2.69. The monoisotopic (exact) mass is 433 g/mol. The van der Waals surface area contributed by atoms with E-state index in [0.29, 0.717) is 6.20 Å². The second kappa shape index (κ2) is 7.38. The predicted molar refractivity (Wildman–Crippen MR) is 100 cm³/mol. The number of aromatic nitrogens is 5. The summed E-state index contributed by atoms with van der Waals surface area (Å²) in [5.74, 6) is -0.835. The van der Waals surface area contributed by atoms with Crippen molar-refractivity contribution in [2.24, 2.45) is 0 Å². The van der Waals surface area contributed by atoms with E-state index in [1.807, 2.05) is 0 Å². The molecule has 0 atom stereocenters. The maximum Gasteiger partial charge on any atom is 0.417 e. The molecule has 4 heterocycles. The van der Waals surface area contributed by atoms with E-state index in [0.717, 1.165) is 22.7 Å². The van der Waals surface area contributed by atoms with Crippen LogP contribution in [0.3, 0.4) is 0 Å². The smallest absolute Gasteiger partial charge is 0.417 e. The van der Waals surface area contributed by atoms with Crippen molar-refractivity contribution in [3.05, 3.63) is 58.5 Å². The number of aromatic amines is 1. The number of hydrogen-bond acceptors (Lipinski definition) is 7. The number of alkyl halides is 3. The Morgan fingerprint density at radius 2 is 1.97 bits per heavy atom. The molecule has 0 fully saturated rings. The van der Waals surface area contributed by atoms with Gasteiger partial charge in [-0.15, -0.1) is 0 Å². The highest BCUT2D eigenvalue weighted by molar-refractivity contribution is 5.87. The second-order valence-electron chi connectivity index (χ2n) is 6.74. The first-order valence-corrected chi connectivity index (χ1v) is 8.95. The molecule has 0 radical (unpaired) electrons. The van der Waals surface area contributed by atoms with Gasteiger partial charge in [0.2, 0.25) is 11.7 Å². The summed E-state index contributed by atoms with van der Waals surface area (Å²) < 4.78 is 49.9. The Morgan fingerprint density at radius 3 is 2.61 bits per heavy atom. The highest BCUT2D eigenvalue weighted by Gasteiger charge is 2.30. The number of H-pyrrole nitrogens is 1. The lowest BCUT2D eigenvalue weighted by atomic mass is 10.2. The number of oxazole rings is 1. The third-order valence-corrected chi connectivity index (χ3v) is 4.13. The predicted octanol–water partition coefficient (Wildman–Crippen LogP) is 3.32. The minimum atomic E-state index is -4.53. The third kappa shape index (κ3) is 3.91. The number of ether oxygens (including phenoxy) is 1. The number of carbonyl (C=O) groups excluding carboxylic acids is 1. The van der Waals surface area contributed by atoms with E-state index < -0.39 is 23.3 Å². The van der Waals surface area contributed by atoms with Gasteiger partial charge in [0, 0.05) is 18.5 Å². The molecule has 31 heavy (non-hydrogen) atoms. The zero-order chi connectivity index (χ0) is 22.3. The number of nitrogens with zero attached hydrogens (tertiary/aromatic N) is 4. The van der Waals surface area contributed by atoms with Crippen LogP contribution in [0.5, 0.6) is 0 Å². The largest absolute Gasteiger partial charge is 0.457 e. The Bertz CT molecular complexity index is 1320. The summed E-state index contributed by atoms with van der Waals surface area (Å²) in [7, 11) is 0. The standard InChI is InChI=1S/C19H14F3N5O4/c1-9(2)30-18(29)14-8-24-17(31-14)11-7-25-27-15(28)5-13(26-16(11)27)12-4-3-10(6-23-12)19(20,21)22/h3-9,25H,1-2H3. The van der Waals surface area contributed by atoms with Gasteiger partial charge < -0.3 is 9.15 Å². The van der Waals surface area contributed by atoms with E-state index in [1.165, 1.54) is 12.4 Å². The number of nitrogens with one attached hydrogen (secondary N) is 1. The third-order valence-electron chi connectivity index (χ3n) is 4.13. The van der Waals surface area contributed by atoms with E-state index >= 15 is 0 Å². The fraction of sp³-hybridized carbons (Fsp3) is 0.211. The van der Waals surface area contributed by atoms with E-state index in [2.05, 4.69) is 20.1 Å². The average molecular weight is 433 g/mol. The van der Waals surface area contributed by atoms with Crippen molar-refractivity contribution in [3.8, 4) is 22.8 Å². The molecule has 0 unspecified atom stereocenters. The minimum Gasteiger partial charge on any atom is -0.457 e. The molecule has 4 rings (SSSR count). The fourth-order valence-electron chi connectivity index (χ4n) is 2.75. The number of carbonyl (C=O) groups is 1. The molecular weight excluding hydrogens is 419 g/mol. The Kier molecular flexibility index (Phi) is 4.84. The minimum absolute atomic E-state index is 0.00103. The van der Waals surface area contributed by atoms with Gasteiger partial charge >= 0.3 is 12.1 Å². The summed E-state index contributed by atoms with van der Waals surface area (Å²) in [5.41, 5.74) is -0.959. The van der Waals surface area contributed by atoms with Gasteiger partial charge in [0.15, 0.2) is 5.65 Å². The quantitative estimate of drug-likeness (QED) is 0.491. The number of esters is 1. The van der Waals surface area contributed by atoms with Crippen LogP contribution in [0.15, 0.2) is 46.0 Å². The van der Waals surface area contributed by atoms with E-state index in [1.54, 1.807) is 13.8 Å². The van der Waals surface area contributed by atoms with Gasteiger partial charge in [0.1, 0.15) is 0 Å². The van der Waals surface area contributed by atoms with Crippen LogP contribution in [0.1, 0.15) is 30.0 Å². The van der Waals surface area contributed by atoms with Crippen LogP contribution < -0.4 is 5.56 Å². The molecule has 0 aromatic carbocycles. The van der Waals surface area contributed by atoms with Crippen molar-refractivity contribution < 1.29 is 27.1 Å². The number of halogens is 3. The normalized spacial score (nSPS) is 11.9. The van der Waals surface area contributed by atoms with Crippen LogP contribution in [0.2, 0.25) is 0 Å². The number of pyridine rings is 1. The first-order valence-electron chi connectivity index (χ1n) is 8.95. The molecule has 160 valence electrons. The molecule has 0 spiro atoms. The zero-order valence-corrected chi connectivity index (χ0v) is 16.1. The van der Waals surface area contributed by atoms with Crippen molar-refractivity contribution in [1.82, 2.24) is 24.6 Å². The molecule has 0 amide bonds. The molecule has 0 saturated heterocycles. The summed E-state index contributed by atoms with van der Waals surface area (Å²) in [4.78, 5) is 36.5. The number of fused-ring (bicyclic) bond motifs is 1. The highest BCUT2D eigenvalue weighted by atomic mass is 19.4. The number of hydrogen-bond donors (Lipinski definition) is 1. The van der Waals surface area contributed by atoms with Crippen LogP contribution >= 0.6 is 0 Å². The summed E-state index contributed by atoms with van der Waals surface area (Å²) in [6.07, 6.45) is -1.64. The van der Waals surface area contributed by atoms with Crippen molar-refractivity contribution in [2.45, 2.75) is 26.1 Å². The zero-order valence-electron chi connectivity index (χ0n) is 16.1. The molecule has 4 aromatic rings. The molecule has 4 aromatic heterocycles. The Hall–Kier alpha value is -3.96. The molecule has 1 N–H and O–H groups in total.